The van der Waals surface area contributed by atoms with Crippen LogP contribution in [0.2, 0.25) is 5.02 Å². The number of carbonyl (C=O) groups is 2. The number of halogens is 1. The van der Waals surface area contributed by atoms with Gasteiger partial charge in [-0.1, -0.05) is 35.9 Å². The highest BCUT2D eigenvalue weighted by Crippen LogP contribution is 2.30. The zero-order valence-corrected chi connectivity index (χ0v) is 20.3. The SMILES string of the molecule is COc1ccc(C(=O)N2CCCC(C(=O)N(C)Cc3cc([N+](=O)[O-])ccc3Cl)C2)c2ccccc12. The third-order valence-electron chi connectivity index (χ3n) is 6.42. The van der Waals surface area contributed by atoms with E-state index >= 15 is 0 Å². The van der Waals surface area contributed by atoms with Crippen LogP contribution in [0.4, 0.5) is 5.69 Å². The molecule has 1 atom stereocenters. The fourth-order valence-corrected chi connectivity index (χ4v) is 4.79. The van der Waals surface area contributed by atoms with Crippen molar-refractivity contribution in [2.24, 2.45) is 5.92 Å². The third kappa shape index (κ3) is 5.07. The van der Waals surface area contributed by atoms with E-state index in [1.165, 1.54) is 23.1 Å². The Morgan fingerprint density at radius 3 is 2.63 bits per heavy atom. The van der Waals surface area contributed by atoms with E-state index in [-0.39, 0.29) is 30.0 Å². The van der Waals surface area contributed by atoms with Crippen molar-refractivity contribution in [2.75, 3.05) is 27.2 Å². The van der Waals surface area contributed by atoms with Gasteiger partial charge in [0.25, 0.3) is 11.6 Å². The van der Waals surface area contributed by atoms with Crippen LogP contribution in [0.5, 0.6) is 5.75 Å². The molecule has 0 bridgehead atoms. The monoisotopic (exact) mass is 495 g/mol. The maximum Gasteiger partial charge on any atom is 0.269 e. The number of benzene rings is 3. The first-order valence-corrected chi connectivity index (χ1v) is 11.7. The van der Waals surface area contributed by atoms with E-state index in [0.717, 1.165) is 10.8 Å². The fourth-order valence-electron chi connectivity index (χ4n) is 4.61. The Morgan fingerprint density at radius 1 is 1.17 bits per heavy atom. The molecule has 8 nitrogen and oxygen atoms in total. The lowest BCUT2D eigenvalue weighted by Crippen LogP contribution is -2.45. The predicted molar refractivity (Wildman–Crippen MR) is 134 cm³/mol. The Morgan fingerprint density at radius 2 is 1.91 bits per heavy atom. The van der Waals surface area contributed by atoms with Gasteiger partial charge in [0.05, 0.1) is 18.0 Å². The van der Waals surface area contributed by atoms with E-state index in [1.54, 1.807) is 31.2 Å². The number of non-ortho nitro benzene ring substituents is 1. The molecule has 35 heavy (non-hydrogen) atoms. The van der Waals surface area contributed by atoms with Crippen LogP contribution in [-0.2, 0) is 11.3 Å². The normalized spacial score (nSPS) is 15.6. The Bertz CT molecular complexity index is 1300. The lowest BCUT2D eigenvalue weighted by Gasteiger charge is -2.34. The quantitative estimate of drug-likeness (QED) is 0.357. The highest BCUT2D eigenvalue weighted by Gasteiger charge is 2.31. The van der Waals surface area contributed by atoms with Gasteiger partial charge in [-0.15, -0.1) is 0 Å². The van der Waals surface area contributed by atoms with Gasteiger partial charge in [-0.25, -0.2) is 0 Å². The molecule has 3 aromatic rings. The van der Waals surface area contributed by atoms with Crippen LogP contribution >= 0.6 is 11.6 Å². The van der Waals surface area contributed by atoms with Crippen molar-refractivity contribution in [3.63, 3.8) is 0 Å². The fraction of sp³-hybridized carbons (Fsp3) is 0.308. The summed E-state index contributed by atoms with van der Waals surface area (Å²) in [5.74, 6) is 0.0976. The first-order chi connectivity index (χ1) is 16.8. The smallest absolute Gasteiger partial charge is 0.269 e. The number of hydrogen-bond donors (Lipinski definition) is 0. The average Bonchev–Trinajstić information content (AvgIpc) is 2.88. The first-order valence-electron chi connectivity index (χ1n) is 11.3. The summed E-state index contributed by atoms with van der Waals surface area (Å²) in [6, 6.07) is 15.3. The Hall–Kier alpha value is -3.65. The zero-order valence-electron chi connectivity index (χ0n) is 19.6. The zero-order chi connectivity index (χ0) is 25.1. The van der Waals surface area contributed by atoms with Crippen LogP contribution in [0.3, 0.4) is 0 Å². The molecule has 0 radical (unpaired) electrons. The van der Waals surface area contributed by atoms with Gasteiger partial charge in [0.15, 0.2) is 0 Å². The van der Waals surface area contributed by atoms with Gasteiger partial charge in [0.1, 0.15) is 5.75 Å². The number of carbonyl (C=O) groups excluding carboxylic acids is 2. The molecule has 0 aromatic heterocycles. The number of rotatable bonds is 6. The van der Waals surface area contributed by atoms with E-state index < -0.39 is 4.92 Å². The van der Waals surface area contributed by atoms with Gasteiger partial charge in [-0.3, -0.25) is 19.7 Å². The molecular formula is C26H26ClN3O5. The number of nitro benzene ring substituents is 1. The molecule has 1 heterocycles. The number of methoxy groups -OCH3 is 1. The highest BCUT2D eigenvalue weighted by atomic mass is 35.5. The van der Waals surface area contributed by atoms with Crippen LogP contribution in [0.25, 0.3) is 10.8 Å². The number of hydrogen-bond acceptors (Lipinski definition) is 5. The molecule has 1 fully saturated rings. The summed E-state index contributed by atoms with van der Waals surface area (Å²) < 4.78 is 5.44. The molecule has 1 saturated heterocycles. The maximum atomic E-state index is 13.5. The van der Waals surface area contributed by atoms with Crippen LogP contribution in [-0.4, -0.2) is 53.8 Å². The second-order valence-corrected chi connectivity index (χ2v) is 9.09. The minimum absolute atomic E-state index is 0.0774. The number of amides is 2. The van der Waals surface area contributed by atoms with Crippen LogP contribution < -0.4 is 4.74 Å². The van der Waals surface area contributed by atoms with Crippen LogP contribution in [0.1, 0.15) is 28.8 Å². The minimum atomic E-state index is -0.491. The van der Waals surface area contributed by atoms with Gasteiger partial charge in [0, 0.05) is 54.8 Å². The summed E-state index contributed by atoms with van der Waals surface area (Å²) in [6.45, 7) is 1.03. The minimum Gasteiger partial charge on any atom is -0.496 e. The Labute approximate surface area is 208 Å². The van der Waals surface area contributed by atoms with Crippen molar-refractivity contribution in [3.05, 3.63) is 80.9 Å². The molecule has 0 spiro atoms. The van der Waals surface area contributed by atoms with Gasteiger partial charge >= 0.3 is 0 Å². The van der Waals surface area contributed by atoms with Gasteiger partial charge < -0.3 is 14.5 Å². The second kappa shape index (κ2) is 10.3. The number of piperidine rings is 1. The second-order valence-electron chi connectivity index (χ2n) is 8.68. The number of nitrogens with zero attached hydrogens (tertiary/aromatic N) is 3. The summed E-state index contributed by atoms with van der Waals surface area (Å²) in [5, 5.41) is 13.1. The molecule has 1 unspecified atom stereocenters. The van der Waals surface area contributed by atoms with Gasteiger partial charge in [0.2, 0.25) is 5.91 Å². The Balaban J connectivity index is 1.50. The molecular weight excluding hydrogens is 470 g/mol. The van der Waals surface area contributed by atoms with Crippen molar-refractivity contribution in [1.82, 2.24) is 9.80 Å². The topological polar surface area (TPSA) is 93.0 Å². The maximum absolute atomic E-state index is 13.5. The van der Waals surface area contributed by atoms with Crippen molar-refractivity contribution in [3.8, 4) is 5.75 Å². The van der Waals surface area contributed by atoms with Gasteiger partial charge in [-0.05, 0) is 42.0 Å². The third-order valence-corrected chi connectivity index (χ3v) is 6.78. The number of likely N-dealkylation sites (tertiary alicyclic amines) is 1. The van der Waals surface area contributed by atoms with Crippen LogP contribution in [0.15, 0.2) is 54.6 Å². The molecule has 0 saturated carbocycles. The van der Waals surface area contributed by atoms with E-state index in [0.29, 0.717) is 47.8 Å². The highest BCUT2D eigenvalue weighted by molar-refractivity contribution is 6.31. The standard InChI is InChI=1S/C26H26ClN3O5/c1-28(15-18-14-19(30(33)34)9-11-23(18)27)25(31)17-6-5-13-29(16-17)26(32)22-10-12-24(35-2)21-8-4-3-7-20(21)22/h3-4,7-12,14,17H,5-6,13,15-16H2,1-2H3. The van der Waals surface area contributed by atoms with Gasteiger partial charge in [-0.2, -0.15) is 0 Å². The first kappa shape index (κ1) is 24.5. The van der Waals surface area contributed by atoms with E-state index in [9.17, 15) is 19.7 Å². The van der Waals surface area contributed by atoms with Crippen molar-refractivity contribution in [2.45, 2.75) is 19.4 Å². The summed E-state index contributed by atoms with van der Waals surface area (Å²) in [4.78, 5) is 40.6. The number of fused-ring (bicyclic) bond motifs is 1. The van der Waals surface area contributed by atoms with E-state index in [4.69, 9.17) is 16.3 Å². The van der Waals surface area contributed by atoms with E-state index in [2.05, 4.69) is 0 Å². The molecule has 4 rings (SSSR count). The lowest BCUT2D eigenvalue weighted by atomic mass is 9.95. The largest absolute Gasteiger partial charge is 0.496 e. The summed E-state index contributed by atoms with van der Waals surface area (Å²) in [6.07, 6.45) is 1.38. The predicted octanol–water partition coefficient (Wildman–Crippen LogP) is 4.92. The van der Waals surface area contributed by atoms with E-state index in [1.807, 2.05) is 24.3 Å². The average molecular weight is 496 g/mol. The number of nitro groups is 1. The molecule has 1 aliphatic rings. The molecule has 2 amide bonds. The molecule has 0 aliphatic carbocycles. The summed E-state index contributed by atoms with van der Waals surface area (Å²) in [5.41, 5.74) is 1.00. The molecule has 3 aromatic carbocycles. The molecule has 1 aliphatic heterocycles. The lowest BCUT2D eigenvalue weighted by molar-refractivity contribution is -0.384. The number of ether oxygens (including phenoxy) is 1. The van der Waals surface area contributed by atoms with Crippen molar-refractivity contribution >= 4 is 39.9 Å². The summed E-state index contributed by atoms with van der Waals surface area (Å²) >= 11 is 6.21. The molecule has 0 N–H and O–H groups in total. The molecule has 182 valence electrons. The summed E-state index contributed by atoms with van der Waals surface area (Å²) in [7, 11) is 3.25. The Kier molecular flexibility index (Phi) is 7.21. The van der Waals surface area contributed by atoms with Crippen LogP contribution in [0, 0.1) is 16.0 Å². The van der Waals surface area contributed by atoms with Crippen molar-refractivity contribution in [1.29, 1.82) is 0 Å². The molecule has 9 heteroatoms. The van der Waals surface area contributed by atoms with Crippen molar-refractivity contribution < 1.29 is 19.2 Å².